The smallest absolute Gasteiger partial charge is 0.323 e. The Morgan fingerprint density at radius 1 is 1.58 bits per heavy atom. The average Bonchev–Trinajstić information content (AvgIpc) is 2.95. The molecule has 8 nitrogen and oxygen atoms in total. The molecule has 100 valence electrons. The number of aromatic amines is 1. The third-order valence-corrected chi connectivity index (χ3v) is 2.85. The summed E-state index contributed by atoms with van der Waals surface area (Å²) in [6.07, 6.45) is 2.35. The van der Waals surface area contributed by atoms with E-state index in [1.807, 2.05) is 6.92 Å². The van der Waals surface area contributed by atoms with Crippen LogP contribution in [0.5, 0.6) is 0 Å². The molecule has 0 spiro atoms. The summed E-state index contributed by atoms with van der Waals surface area (Å²) >= 11 is 0. The Morgan fingerprint density at radius 2 is 2.32 bits per heavy atom. The van der Waals surface area contributed by atoms with Crippen LogP contribution in [-0.2, 0) is 13.5 Å². The Morgan fingerprint density at radius 3 is 2.89 bits per heavy atom. The van der Waals surface area contributed by atoms with Crippen molar-refractivity contribution in [1.29, 1.82) is 0 Å². The van der Waals surface area contributed by atoms with Crippen LogP contribution >= 0.6 is 0 Å². The summed E-state index contributed by atoms with van der Waals surface area (Å²) in [5.74, 6) is -0.0450. The maximum Gasteiger partial charge on any atom is 0.323 e. The van der Waals surface area contributed by atoms with Crippen LogP contribution < -0.4 is 5.32 Å². The maximum absolute atomic E-state index is 12.0. The largest absolute Gasteiger partial charge is 0.358 e. The maximum atomic E-state index is 12.0. The summed E-state index contributed by atoms with van der Waals surface area (Å²) < 4.78 is 1.23. The SMILES string of the molecule is CCc1cn[nH]c1NC(=O)c1ccc([N+](=O)[O-])n1C. The second-order valence-electron chi connectivity index (χ2n) is 3.97. The number of H-pyrrole nitrogens is 1. The van der Waals surface area contributed by atoms with Gasteiger partial charge in [-0.05, 0) is 17.4 Å². The Kier molecular flexibility index (Phi) is 3.32. The molecule has 0 bridgehead atoms. The van der Waals surface area contributed by atoms with Crippen LogP contribution in [0.25, 0.3) is 0 Å². The molecular weight excluding hydrogens is 250 g/mol. The number of nitro groups is 1. The first-order valence-corrected chi connectivity index (χ1v) is 5.68. The minimum Gasteiger partial charge on any atom is -0.358 e. The van der Waals surface area contributed by atoms with Gasteiger partial charge in [-0.1, -0.05) is 6.92 Å². The van der Waals surface area contributed by atoms with Crippen molar-refractivity contribution in [3.05, 3.63) is 39.7 Å². The van der Waals surface area contributed by atoms with Crippen molar-refractivity contribution in [3.8, 4) is 0 Å². The van der Waals surface area contributed by atoms with Crippen molar-refractivity contribution in [2.75, 3.05) is 5.32 Å². The zero-order chi connectivity index (χ0) is 14.0. The summed E-state index contributed by atoms with van der Waals surface area (Å²) in [7, 11) is 1.47. The molecule has 19 heavy (non-hydrogen) atoms. The number of rotatable bonds is 4. The first-order chi connectivity index (χ1) is 9.04. The number of aryl methyl sites for hydroxylation is 1. The van der Waals surface area contributed by atoms with Crippen molar-refractivity contribution >= 4 is 17.5 Å². The lowest BCUT2D eigenvalue weighted by Crippen LogP contribution is -2.17. The molecule has 0 fully saturated rings. The quantitative estimate of drug-likeness (QED) is 0.643. The van der Waals surface area contributed by atoms with Crippen LogP contribution in [0.15, 0.2) is 18.3 Å². The first kappa shape index (κ1) is 12.8. The van der Waals surface area contributed by atoms with Gasteiger partial charge in [0.15, 0.2) is 5.69 Å². The fourth-order valence-electron chi connectivity index (χ4n) is 1.78. The van der Waals surface area contributed by atoms with E-state index >= 15 is 0 Å². The summed E-state index contributed by atoms with van der Waals surface area (Å²) in [4.78, 5) is 22.2. The number of amides is 1. The van der Waals surface area contributed by atoms with Crippen molar-refractivity contribution in [2.24, 2.45) is 7.05 Å². The van der Waals surface area contributed by atoms with Crippen LogP contribution in [0.2, 0.25) is 0 Å². The van der Waals surface area contributed by atoms with Crippen LogP contribution in [0.4, 0.5) is 11.6 Å². The molecule has 0 saturated heterocycles. The van der Waals surface area contributed by atoms with E-state index in [9.17, 15) is 14.9 Å². The fraction of sp³-hybridized carbons (Fsp3) is 0.273. The van der Waals surface area contributed by atoms with Crippen molar-refractivity contribution in [1.82, 2.24) is 14.8 Å². The van der Waals surface area contributed by atoms with Gasteiger partial charge in [0.05, 0.1) is 13.2 Å². The zero-order valence-electron chi connectivity index (χ0n) is 10.5. The number of anilines is 1. The van der Waals surface area contributed by atoms with E-state index < -0.39 is 10.8 Å². The Labute approximate surface area is 108 Å². The molecule has 8 heteroatoms. The van der Waals surface area contributed by atoms with Gasteiger partial charge in [-0.25, -0.2) is 4.57 Å². The summed E-state index contributed by atoms with van der Waals surface area (Å²) in [6, 6.07) is 2.71. The number of hydrogen-bond donors (Lipinski definition) is 2. The van der Waals surface area contributed by atoms with E-state index in [0.717, 1.165) is 12.0 Å². The minimum atomic E-state index is -0.537. The Balaban J connectivity index is 2.23. The number of nitrogens with one attached hydrogen (secondary N) is 2. The van der Waals surface area contributed by atoms with Gasteiger partial charge in [-0.2, -0.15) is 5.10 Å². The predicted octanol–water partition coefficient (Wildman–Crippen LogP) is 1.47. The molecule has 0 radical (unpaired) electrons. The highest BCUT2D eigenvalue weighted by atomic mass is 16.6. The Hall–Kier alpha value is -2.64. The van der Waals surface area contributed by atoms with Gasteiger partial charge in [0, 0.05) is 11.6 Å². The first-order valence-electron chi connectivity index (χ1n) is 5.68. The molecule has 1 amide bonds. The monoisotopic (exact) mass is 263 g/mol. The lowest BCUT2D eigenvalue weighted by atomic mass is 10.2. The molecule has 0 aliphatic rings. The topological polar surface area (TPSA) is 106 Å². The molecule has 0 aromatic carbocycles. The number of hydrogen-bond acceptors (Lipinski definition) is 4. The lowest BCUT2D eigenvalue weighted by Gasteiger charge is -2.03. The van der Waals surface area contributed by atoms with Crippen molar-refractivity contribution in [2.45, 2.75) is 13.3 Å². The Bertz CT molecular complexity index is 628. The summed E-state index contributed by atoms with van der Waals surface area (Å²) in [5, 5.41) is 19.9. The highest BCUT2D eigenvalue weighted by molar-refractivity contribution is 6.03. The molecule has 2 aromatic heterocycles. The number of carbonyl (C=O) groups excluding carboxylic acids is 1. The van der Waals surface area contributed by atoms with Gasteiger partial charge in [0.2, 0.25) is 0 Å². The molecule has 0 unspecified atom stereocenters. The number of aromatic nitrogens is 3. The standard InChI is InChI=1S/C11H13N5O3/c1-3-7-6-12-14-10(7)13-11(17)8-4-5-9(15(8)2)16(18)19/h4-6H,3H2,1-2H3,(H2,12,13,14,17). The third kappa shape index (κ3) is 2.32. The fourth-order valence-corrected chi connectivity index (χ4v) is 1.78. The molecule has 0 aliphatic heterocycles. The average molecular weight is 263 g/mol. The van der Waals surface area contributed by atoms with E-state index in [1.54, 1.807) is 6.20 Å². The zero-order valence-corrected chi connectivity index (χ0v) is 10.5. The van der Waals surface area contributed by atoms with Crippen LogP contribution in [0.1, 0.15) is 23.0 Å². The van der Waals surface area contributed by atoms with Crippen molar-refractivity contribution < 1.29 is 9.72 Å². The van der Waals surface area contributed by atoms with Crippen molar-refractivity contribution in [3.63, 3.8) is 0 Å². The van der Waals surface area contributed by atoms with E-state index in [4.69, 9.17) is 0 Å². The van der Waals surface area contributed by atoms with Gasteiger partial charge >= 0.3 is 5.82 Å². The molecule has 2 aromatic rings. The highest BCUT2D eigenvalue weighted by Gasteiger charge is 2.21. The van der Waals surface area contributed by atoms with E-state index in [0.29, 0.717) is 5.82 Å². The molecule has 0 aliphatic carbocycles. The second kappa shape index (κ2) is 4.92. The minimum absolute atomic E-state index is 0.134. The van der Waals surface area contributed by atoms with Gasteiger partial charge in [-0.3, -0.25) is 9.89 Å². The van der Waals surface area contributed by atoms with E-state index in [-0.39, 0.29) is 11.5 Å². The predicted molar refractivity (Wildman–Crippen MR) is 68.0 cm³/mol. The summed E-state index contributed by atoms with van der Waals surface area (Å²) in [6.45, 7) is 1.94. The lowest BCUT2D eigenvalue weighted by molar-refractivity contribution is -0.391. The molecule has 2 N–H and O–H groups in total. The molecular formula is C11H13N5O3. The molecule has 0 atom stereocenters. The second-order valence-corrected chi connectivity index (χ2v) is 3.97. The van der Waals surface area contributed by atoms with Gasteiger partial charge in [0.25, 0.3) is 5.91 Å². The van der Waals surface area contributed by atoms with Gasteiger partial charge in [-0.15, -0.1) is 0 Å². The van der Waals surface area contributed by atoms with Gasteiger partial charge in [0.1, 0.15) is 5.82 Å². The highest BCUT2D eigenvalue weighted by Crippen LogP contribution is 2.17. The van der Waals surface area contributed by atoms with E-state index in [2.05, 4.69) is 15.5 Å². The third-order valence-electron chi connectivity index (χ3n) is 2.85. The van der Waals surface area contributed by atoms with E-state index in [1.165, 1.54) is 23.7 Å². The number of carbonyl (C=O) groups is 1. The van der Waals surface area contributed by atoms with Crippen LogP contribution in [0, 0.1) is 10.1 Å². The normalized spacial score (nSPS) is 10.4. The van der Waals surface area contributed by atoms with Crippen LogP contribution in [-0.4, -0.2) is 25.6 Å². The summed E-state index contributed by atoms with van der Waals surface area (Å²) in [5.41, 5.74) is 1.08. The van der Waals surface area contributed by atoms with Crippen LogP contribution in [0.3, 0.4) is 0 Å². The number of nitrogens with zero attached hydrogens (tertiary/aromatic N) is 3. The molecule has 2 heterocycles. The molecule has 2 rings (SSSR count). The van der Waals surface area contributed by atoms with Gasteiger partial charge < -0.3 is 15.4 Å². The molecule has 0 saturated carbocycles.